The summed E-state index contributed by atoms with van der Waals surface area (Å²) in [6, 6.07) is 0.959. The van der Waals surface area contributed by atoms with Gasteiger partial charge in [-0.05, 0) is 20.8 Å². The molecule has 1 rings (SSSR count). The van der Waals surface area contributed by atoms with Gasteiger partial charge in [-0.15, -0.1) is 11.3 Å². The van der Waals surface area contributed by atoms with Gasteiger partial charge in [0, 0.05) is 11.6 Å². The summed E-state index contributed by atoms with van der Waals surface area (Å²) in [6.45, 7) is 5.02. The SMILES string of the molecule is CC(C)(C)NS(=O)(=O)c1cc([N+](=O)[O-])c(Cl)s1. The highest BCUT2D eigenvalue weighted by Crippen LogP contribution is 2.36. The van der Waals surface area contributed by atoms with Gasteiger partial charge < -0.3 is 0 Å². The first-order valence-corrected chi connectivity index (χ1v) is 7.18. The van der Waals surface area contributed by atoms with E-state index in [0.717, 1.165) is 6.07 Å². The summed E-state index contributed by atoms with van der Waals surface area (Å²) in [6.07, 6.45) is 0. The second-order valence-corrected chi connectivity index (χ2v) is 7.90. The maximum atomic E-state index is 11.9. The molecule has 17 heavy (non-hydrogen) atoms. The second-order valence-electron chi connectivity index (χ2n) is 4.34. The summed E-state index contributed by atoms with van der Waals surface area (Å²) in [5, 5.41) is 10.6. The largest absolute Gasteiger partial charge is 0.300 e. The van der Waals surface area contributed by atoms with E-state index >= 15 is 0 Å². The van der Waals surface area contributed by atoms with E-state index in [4.69, 9.17) is 11.6 Å². The van der Waals surface area contributed by atoms with Gasteiger partial charge in [0.05, 0.1) is 4.92 Å². The van der Waals surface area contributed by atoms with E-state index in [1.807, 2.05) is 0 Å². The van der Waals surface area contributed by atoms with Crippen LogP contribution in [0, 0.1) is 10.1 Å². The molecule has 0 amide bonds. The topological polar surface area (TPSA) is 89.3 Å². The molecule has 0 saturated carbocycles. The van der Waals surface area contributed by atoms with Crippen LogP contribution in [0.15, 0.2) is 10.3 Å². The second kappa shape index (κ2) is 4.52. The Bertz CT molecular complexity index is 544. The van der Waals surface area contributed by atoms with E-state index in [1.54, 1.807) is 20.8 Å². The Morgan fingerprint density at radius 2 is 2.00 bits per heavy atom. The molecule has 1 N–H and O–H groups in total. The standard InChI is InChI=1S/C8H11ClN2O4S2/c1-8(2,3)10-17(14,15)6-4-5(11(12)13)7(9)16-6/h4,10H,1-3H3. The van der Waals surface area contributed by atoms with Gasteiger partial charge >= 0.3 is 0 Å². The number of hydrogen-bond acceptors (Lipinski definition) is 5. The van der Waals surface area contributed by atoms with E-state index in [-0.39, 0.29) is 8.55 Å². The van der Waals surface area contributed by atoms with Crippen LogP contribution in [-0.4, -0.2) is 18.9 Å². The zero-order chi connectivity index (χ0) is 13.4. The van der Waals surface area contributed by atoms with Crippen LogP contribution in [0.2, 0.25) is 4.34 Å². The van der Waals surface area contributed by atoms with Crippen LogP contribution in [-0.2, 0) is 10.0 Å². The fourth-order valence-electron chi connectivity index (χ4n) is 1.05. The molecule has 1 heterocycles. The lowest BCUT2D eigenvalue weighted by atomic mass is 10.1. The molecular formula is C8H11ClN2O4S2. The third-order valence-corrected chi connectivity index (χ3v) is 5.12. The van der Waals surface area contributed by atoms with E-state index in [0.29, 0.717) is 11.3 Å². The minimum absolute atomic E-state index is 0.149. The first kappa shape index (κ1) is 14.4. The summed E-state index contributed by atoms with van der Waals surface area (Å²) < 4.78 is 25.8. The molecular weight excluding hydrogens is 288 g/mol. The lowest BCUT2D eigenvalue weighted by Gasteiger charge is -2.19. The molecule has 96 valence electrons. The minimum Gasteiger partial charge on any atom is -0.258 e. The molecule has 0 atom stereocenters. The maximum absolute atomic E-state index is 11.9. The molecule has 0 bridgehead atoms. The summed E-state index contributed by atoms with van der Waals surface area (Å²) in [4.78, 5) is 9.85. The molecule has 6 nitrogen and oxygen atoms in total. The lowest BCUT2D eigenvalue weighted by molar-refractivity contribution is -0.384. The van der Waals surface area contributed by atoms with Crippen molar-refractivity contribution in [3.8, 4) is 0 Å². The van der Waals surface area contributed by atoms with Gasteiger partial charge in [0.1, 0.15) is 4.21 Å². The molecule has 0 aliphatic heterocycles. The van der Waals surface area contributed by atoms with Gasteiger partial charge in [0.25, 0.3) is 15.7 Å². The van der Waals surface area contributed by atoms with Crippen LogP contribution in [0.3, 0.4) is 0 Å². The van der Waals surface area contributed by atoms with Crippen molar-refractivity contribution >= 4 is 38.6 Å². The van der Waals surface area contributed by atoms with Gasteiger partial charge in [-0.1, -0.05) is 11.6 Å². The van der Waals surface area contributed by atoms with Crippen LogP contribution < -0.4 is 4.72 Å². The molecule has 1 aromatic rings. The van der Waals surface area contributed by atoms with E-state index in [9.17, 15) is 18.5 Å². The van der Waals surface area contributed by atoms with E-state index < -0.39 is 26.2 Å². The molecule has 0 aromatic carbocycles. The zero-order valence-electron chi connectivity index (χ0n) is 9.35. The number of nitrogens with zero attached hydrogens (tertiary/aromatic N) is 1. The first-order valence-electron chi connectivity index (χ1n) is 4.50. The number of nitrogens with one attached hydrogen (secondary N) is 1. The van der Waals surface area contributed by atoms with Crippen molar-refractivity contribution in [1.82, 2.24) is 4.72 Å². The smallest absolute Gasteiger partial charge is 0.258 e. The fraction of sp³-hybridized carbons (Fsp3) is 0.500. The van der Waals surface area contributed by atoms with Crippen molar-refractivity contribution in [3.05, 3.63) is 20.5 Å². The lowest BCUT2D eigenvalue weighted by Crippen LogP contribution is -2.40. The Hall–Kier alpha value is -0.700. The minimum atomic E-state index is -3.77. The number of rotatable bonds is 3. The zero-order valence-corrected chi connectivity index (χ0v) is 11.7. The fourth-order valence-corrected chi connectivity index (χ4v) is 4.13. The third kappa shape index (κ3) is 3.63. The molecule has 0 spiro atoms. The molecule has 0 fully saturated rings. The van der Waals surface area contributed by atoms with Crippen LogP contribution in [0.25, 0.3) is 0 Å². The van der Waals surface area contributed by atoms with Gasteiger partial charge in [0.15, 0.2) is 4.34 Å². The Balaban J connectivity index is 3.18. The summed E-state index contributed by atoms with van der Waals surface area (Å²) >= 11 is 6.27. The van der Waals surface area contributed by atoms with Crippen LogP contribution >= 0.6 is 22.9 Å². The molecule has 0 radical (unpaired) electrons. The highest BCUT2D eigenvalue weighted by atomic mass is 35.5. The predicted molar refractivity (Wildman–Crippen MR) is 66.1 cm³/mol. The Kier molecular flexibility index (Phi) is 3.82. The molecule has 9 heteroatoms. The molecule has 1 aromatic heterocycles. The average molecular weight is 299 g/mol. The highest BCUT2D eigenvalue weighted by Gasteiger charge is 2.28. The van der Waals surface area contributed by atoms with Crippen LogP contribution in [0.5, 0.6) is 0 Å². The van der Waals surface area contributed by atoms with Crippen molar-refractivity contribution in [2.45, 2.75) is 30.5 Å². The third-order valence-electron chi connectivity index (χ3n) is 1.55. The summed E-state index contributed by atoms with van der Waals surface area (Å²) in [5.74, 6) is 0. The van der Waals surface area contributed by atoms with Gasteiger partial charge in [0.2, 0.25) is 0 Å². The maximum Gasteiger partial charge on any atom is 0.300 e. The Morgan fingerprint density at radius 3 is 2.35 bits per heavy atom. The summed E-state index contributed by atoms with van der Waals surface area (Å²) in [5.41, 5.74) is -1.06. The number of hydrogen-bond donors (Lipinski definition) is 1. The van der Waals surface area contributed by atoms with Crippen LogP contribution in [0.1, 0.15) is 20.8 Å². The van der Waals surface area contributed by atoms with Crippen molar-refractivity contribution in [3.63, 3.8) is 0 Å². The normalized spacial score (nSPS) is 12.7. The average Bonchev–Trinajstić information content (AvgIpc) is 2.43. The van der Waals surface area contributed by atoms with Crippen LogP contribution in [0.4, 0.5) is 5.69 Å². The number of sulfonamides is 1. The summed E-state index contributed by atoms with van der Waals surface area (Å²) in [7, 11) is -3.77. The molecule has 0 aliphatic rings. The monoisotopic (exact) mass is 298 g/mol. The molecule has 0 saturated heterocycles. The highest BCUT2D eigenvalue weighted by molar-refractivity contribution is 7.91. The van der Waals surface area contributed by atoms with Crippen molar-refractivity contribution < 1.29 is 13.3 Å². The van der Waals surface area contributed by atoms with E-state index in [2.05, 4.69) is 4.72 Å². The van der Waals surface area contributed by atoms with Gasteiger partial charge in [-0.25, -0.2) is 13.1 Å². The molecule has 0 aliphatic carbocycles. The Labute approximate surface area is 108 Å². The van der Waals surface area contributed by atoms with Crippen molar-refractivity contribution in [2.24, 2.45) is 0 Å². The van der Waals surface area contributed by atoms with Gasteiger partial charge in [-0.3, -0.25) is 10.1 Å². The van der Waals surface area contributed by atoms with Crippen molar-refractivity contribution in [2.75, 3.05) is 0 Å². The first-order chi connectivity index (χ1) is 7.53. The number of halogens is 1. The number of thiophene rings is 1. The number of nitro groups is 1. The predicted octanol–water partition coefficient (Wildman–Crippen LogP) is 2.39. The van der Waals surface area contributed by atoms with Gasteiger partial charge in [-0.2, -0.15) is 0 Å². The molecule has 0 unspecified atom stereocenters. The van der Waals surface area contributed by atoms with E-state index in [1.165, 1.54) is 0 Å². The Morgan fingerprint density at radius 1 is 1.47 bits per heavy atom. The van der Waals surface area contributed by atoms with Crippen molar-refractivity contribution in [1.29, 1.82) is 0 Å². The quantitative estimate of drug-likeness (QED) is 0.685.